The lowest BCUT2D eigenvalue weighted by atomic mass is 10.1. The molecule has 4 nitrogen and oxygen atoms in total. The normalized spacial score (nSPS) is 14.6. The number of para-hydroxylation sites is 1. The molecule has 1 aliphatic heterocycles. The van der Waals surface area contributed by atoms with Crippen LogP contribution in [0, 0.1) is 0 Å². The van der Waals surface area contributed by atoms with Crippen molar-refractivity contribution in [3.05, 3.63) is 29.8 Å². The zero-order valence-corrected chi connectivity index (χ0v) is 10.5. The molecule has 1 heterocycles. The Hall–Kier alpha value is -1.55. The van der Waals surface area contributed by atoms with Crippen LogP contribution in [-0.2, 0) is 0 Å². The molecule has 1 aromatic carbocycles. The highest BCUT2D eigenvalue weighted by Crippen LogP contribution is 2.16. The molecule has 92 valence electrons. The van der Waals surface area contributed by atoms with E-state index in [1.54, 1.807) is 0 Å². The van der Waals surface area contributed by atoms with Gasteiger partial charge in [0.05, 0.1) is 6.54 Å². The summed E-state index contributed by atoms with van der Waals surface area (Å²) in [5.41, 5.74) is 2.33. The highest BCUT2D eigenvalue weighted by molar-refractivity contribution is 6.04. The van der Waals surface area contributed by atoms with E-state index in [0.717, 1.165) is 37.7 Å². The molecule has 2 rings (SSSR count). The Labute approximate surface area is 103 Å². The number of rotatable bonds is 5. The quantitative estimate of drug-likeness (QED) is 0.796. The van der Waals surface area contributed by atoms with E-state index in [4.69, 9.17) is 0 Å². The van der Waals surface area contributed by atoms with E-state index in [-0.39, 0.29) is 0 Å². The first kappa shape index (κ1) is 11.9. The van der Waals surface area contributed by atoms with Gasteiger partial charge in [-0.1, -0.05) is 12.1 Å². The molecular formula is C13H20N4. The summed E-state index contributed by atoms with van der Waals surface area (Å²) in [5, 5.41) is 6.77. The largest absolute Gasteiger partial charge is 0.383 e. The standard InChI is InChI=1S/C13H20N4/c1-17(2)10-9-14-12-6-4-3-5-11(12)13-15-7-8-16-13/h3-6,14H,7-10H2,1-2H3,(H,15,16). The summed E-state index contributed by atoms with van der Waals surface area (Å²) < 4.78 is 0. The van der Waals surface area contributed by atoms with Crippen molar-refractivity contribution in [2.45, 2.75) is 0 Å². The molecule has 4 heteroatoms. The van der Waals surface area contributed by atoms with E-state index >= 15 is 0 Å². The number of amidine groups is 1. The summed E-state index contributed by atoms with van der Waals surface area (Å²) in [6, 6.07) is 8.31. The zero-order chi connectivity index (χ0) is 12.1. The first-order valence-electron chi connectivity index (χ1n) is 6.03. The summed E-state index contributed by atoms with van der Waals surface area (Å²) >= 11 is 0. The smallest absolute Gasteiger partial charge is 0.130 e. The SMILES string of the molecule is CN(C)CCNc1ccccc1C1=NCCN1. The summed E-state index contributed by atoms with van der Waals surface area (Å²) in [7, 11) is 4.16. The number of benzene rings is 1. The molecule has 0 unspecified atom stereocenters. The highest BCUT2D eigenvalue weighted by Gasteiger charge is 2.11. The number of anilines is 1. The second-order valence-corrected chi connectivity index (χ2v) is 4.43. The van der Waals surface area contributed by atoms with Crippen LogP contribution in [0.1, 0.15) is 5.56 Å². The third-order valence-corrected chi connectivity index (χ3v) is 2.73. The average molecular weight is 232 g/mol. The molecule has 0 spiro atoms. The van der Waals surface area contributed by atoms with Gasteiger partial charge in [-0.05, 0) is 26.2 Å². The third-order valence-electron chi connectivity index (χ3n) is 2.73. The monoisotopic (exact) mass is 232 g/mol. The maximum Gasteiger partial charge on any atom is 0.130 e. The van der Waals surface area contributed by atoms with Gasteiger partial charge in [-0.2, -0.15) is 0 Å². The minimum Gasteiger partial charge on any atom is -0.383 e. The predicted octanol–water partition coefficient (Wildman–Crippen LogP) is 1.01. The summed E-state index contributed by atoms with van der Waals surface area (Å²) in [6.07, 6.45) is 0. The van der Waals surface area contributed by atoms with Gasteiger partial charge in [0.15, 0.2) is 0 Å². The third kappa shape index (κ3) is 3.20. The van der Waals surface area contributed by atoms with Gasteiger partial charge in [-0.25, -0.2) is 0 Å². The molecule has 0 atom stereocenters. The second-order valence-electron chi connectivity index (χ2n) is 4.43. The molecule has 0 radical (unpaired) electrons. The van der Waals surface area contributed by atoms with Gasteiger partial charge >= 0.3 is 0 Å². The molecule has 0 fully saturated rings. The fourth-order valence-corrected chi connectivity index (χ4v) is 1.84. The summed E-state index contributed by atoms with van der Waals surface area (Å²) in [4.78, 5) is 6.63. The average Bonchev–Trinajstić information content (AvgIpc) is 2.82. The van der Waals surface area contributed by atoms with Crippen molar-refractivity contribution < 1.29 is 0 Å². The van der Waals surface area contributed by atoms with Crippen molar-refractivity contribution in [3.63, 3.8) is 0 Å². The first-order chi connectivity index (χ1) is 8.27. The van der Waals surface area contributed by atoms with Crippen molar-refractivity contribution in [3.8, 4) is 0 Å². The Morgan fingerprint density at radius 3 is 2.88 bits per heavy atom. The second kappa shape index (κ2) is 5.68. The van der Waals surface area contributed by atoms with Crippen LogP contribution >= 0.6 is 0 Å². The number of likely N-dealkylation sites (N-methyl/N-ethyl adjacent to an activating group) is 1. The van der Waals surface area contributed by atoms with E-state index in [0.29, 0.717) is 0 Å². The fraction of sp³-hybridized carbons (Fsp3) is 0.462. The van der Waals surface area contributed by atoms with E-state index in [9.17, 15) is 0 Å². The van der Waals surface area contributed by atoms with Crippen LogP contribution in [-0.4, -0.2) is 51.0 Å². The lowest BCUT2D eigenvalue weighted by molar-refractivity contribution is 0.425. The predicted molar refractivity (Wildman–Crippen MR) is 72.9 cm³/mol. The van der Waals surface area contributed by atoms with E-state index in [2.05, 4.69) is 58.9 Å². The molecule has 0 saturated carbocycles. The van der Waals surface area contributed by atoms with E-state index < -0.39 is 0 Å². The van der Waals surface area contributed by atoms with Gasteiger partial charge in [-0.3, -0.25) is 4.99 Å². The highest BCUT2D eigenvalue weighted by atomic mass is 15.1. The van der Waals surface area contributed by atoms with Crippen molar-refractivity contribution in [1.29, 1.82) is 0 Å². The maximum absolute atomic E-state index is 4.46. The molecule has 0 amide bonds. The minimum atomic E-state index is 0.876. The Bertz CT molecular complexity index is 398. The maximum atomic E-state index is 4.46. The minimum absolute atomic E-state index is 0.876. The Kier molecular flexibility index (Phi) is 3.98. The van der Waals surface area contributed by atoms with Gasteiger partial charge in [0.25, 0.3) is 0 Å². The van der Waals surface area contributed by atoms with Crippen LogP contribution in [0.2, 0.25) is 0 Å². The number of hydrogen-bond acceptors (Lipinski definition) is 4. The van der Waals surface area contributed by atoms with Crippen LogP contribution in [0.3, 0.4) is 0 Å². The van der Waals surface area contributed by atoms with Crippen molar-refractivity contribution in [2.24, 2.45) is 4.99 Å². The lowest BCUT2D eigenvalue weighted by Gasteiger charge is -2.14. The number of hydrogen-bond donors (Lipinski definition) is 2. The van der Waals surface area contributed by atoms with Gasteiger partial charge in [0, 0.05) is 30.9 Å². The molecule has 17 heavy (non-hydrogen) atoms. The van der Waals surface area contributed by atoms with Crippen LogP contribution in [0.15, 0.2) is 29.3 Å². The van der Waals surface area contributed by atoms with Crippen molar-refractivity contribution in [2.75, 3.05) is 45.6 Å². The van der Waals surface area contributed by atoms with Crippen molar-refractivity contribution >= 4 is 11.5 Å². The van der Waals surface area contributed by atoms with Crippen LogP contribution in [0.25, 0.3) is 0 Å². The zero-order valence-electron chi connectivity index (χ0n) is 10.5. The van der Waals surface area contributed by atoms with Crippen LogP contribution in [0.5, 0.6) is 0 Å². The summed E-state index contributed by atoms with van der Waals surface area (Å²) in [6.45, 7) is 3.79. The topological polar surface area (TPSA) is 39.7 Å². The molecule has 0 bridgehead atoms. The van der Waals surface area contributed by atoms with Gasteiger partial charge in [0.2, 0.25) is 0 Å². The van der Waals surface area contributed by atoms with Crippen LogP contribution < -0.4 is 10.6 Å². The fourth-order valence-electron chi connectivity index (χ4n) is 1.84. The summed E-state index contributed by atoms with van der Waals surface area (Å²) in [5.74, 6) is 1.01. The Balaban J connectivity index is 2.05. The molecule has 0 saturated heterocycles. The Morgan fingerprint density at radius 2 is 2.18 bits per heavy atom. The van der Waals surface area contributed by atoms with Gasteiger partial charge in [-0.15, -0.1) is 0 Å². The molecule has 2 N–H and O–H groups in total. The molecular weight excluding hydrogens is 212 g/mol. The molecule has 1 aliphatic rings. The number of nitrogens with one attached hydrogen (secondary N) is 2. The van der Waals surface area contributed by atoms with Gasteiger partial charge in [0.1, 0.15) is 5.84 Å². The number of aliphatic imine (C=N–C) groups is 1. The first-order valence-corrected chi connectivity index (χ1v) is 6.03. The molecule has 0 aliphatic carbocycles. The van der Waals surface area contributed by atoms with Crippen LogP contribution in [0.4, 0.5) is 5.69 Å². The molecule has 0 aromatic heterocycles. The van der Waals surface area contributed by atoms with Gasteiger partial charge < -0.3 is 15.5 Å². The number of nitrogens with zero attached hydrogens (tertiary/aromatic N) is 2. The Morgan fingerprint density at radius 1 is 1.35 bits per heavy atom. The molecule has 1 aromatic rings. The van der Waals surface area contributed by atoms with E-state index in [1.807, 2.05) is 0 Å². The van der Waals surface area contributed by atoms with E-state index in [1.165, 1.54) is 5.56 Å². The van der Waals surface area contributed by atoms with Crippen molar-refractivity contribution in [1.82, 2.24) is 10.2 Å². The lowest BCUT2D eigenvalue weighted by Crippen LogP contribution is -2.24.